The average molecular weight is 375 g/mol. The minimum Gasteiger partial charge on any atom is -0.454 e. The summed E-state index contributed by atoms with van der Waals surface area (Å²) in [6.07, 6.45) is -4.78. The summed E-state index contributed by atoms with van der Waals surface area (Å²) in [7, 11) is 0. The van der Waals surface area contributed by atoms with Crippen LogP contribution in [0.15, 0.2) is 30.3 Å². The first-order chi connectivity index (χ1) is 11.8. The molecule has 2 aromatic rings. The van der Waals surface area contributed by atoms with Gasteiger partial charge in [-0.25, -0.2) is 0 Å². The molecule has 0 spiro atoms. The van der Waals surface area contributed by atoms with Crippen molar-refractivity contribution in [3.05, 3.63) is 56.6 Å². The van der Waals surface area contributed by atoms with E-state index < -0.39 is 27.4 Å². The molecule has 6 nitrogen and oxygen atoms in total. The van der Waals surface area contributed by atoms with Crippen molar-refractivity contribution >= 4 is 23.0 Å². The van der Waals surface area contributed by atoms with Crippen molar-refractivity contribution in [1.29, 1.82) is 0 Å². The number of nitrogens with zero attached hydrogens (tertiary/aromatic N) is 1. The molecule has 0 aliphatic carbocycles. The molecule has 1 aliphatic rings. The van der Waals surface area contributed by atoms with Crippen LogP contribution >= 0.6 is 11.6 Å². The lowest BCUT2D eigenvalue weighted by Gasteiger charge is -2.13. The van der Waals surface area contributed by atoms with Crippen LogP contribution < -0.4 is 14.8 Å². The van der Waals surface area contributed by atoms with E-state index in [1.807, 2.05) is 0 Å². The number of ether oxygens (including phenoxy) is 2. The molecule has 0 atom stereocenters. The molecule has 132 valence electrons. The Balaban J connectivity index is 1.86. The predicted octanol–water partition coefficient (Wildman–Crippen LogP) is 4.61. The predicted molar refractivity (Wildman–Crippen MR) is 83.0 cm³/mol. The summed E-state index contributed by atoms with van der Waals surface area (Å²) in [6, 6.07) is 6.37. The topological polar surface area (TPSA) is 73.6 Å². The highest BCUT2D eigenvalue weighted by molar-refractivity contribution is 6.31. The third-order valence-corrected chi connectivity index (χ3v) is 3.82. The van der Waals surface area contributed by atoms with E-state index in [4.69, 9.17) is 21.1 Å². The zero-order valence-electron chi connectivity index (χ0n) is 12.4. The van der Waals surface area contributed by atoms with Gasteiger partial charge in [0, 0.05) is 12.6 Å². The van der Waals surface area contributed by atoms with Crippen molar-refractivity contribution in [3.8, 4) is 11.5 Å². The molecule has 0 bridgehead atoms. The van der Waals surface area contributed by atoms with Crippen LogP contribution in [0.1, 0.15) is 11.1 Å². The fourth-order valence-corrected chi connectivity index (χ4v) is 2.59. The highest BCUT2D eigenvalue weighted by Gasteiger charge is 2.36. The van der Waals surface area contributed by atoms with Crippen LogP contribution in [-0.2, 0) is 12.7 Å². The first-order valence-corrected chi connectivity index (χ1v) is 7.31. The van der Waals surface area contributed by atoms with Crippen LogP contribution in [0.2, 0.25) is 5.02 Å². The van der Waals surface area contributed by atoms with Crippen molar-refractivity contribution in [1.82, 2.24) is 0 Å². The summed E-state index contributed by atoms with van der Waals surface area (Å²) >= 11 is 5.63. The van der Waals surface area contributed by atoms with Crippen molar-refractivity contribution in [2.24, 2.45) is 0 Å². The Morgan fingerprint density at radius 1 is 1.20 bits per heavy atom. The van der Waals surface area contributed by atoms with Gasteiger partial charge in [-0.3, -0.25) is 10.1 Å². The molecule has 0 radical (unpaired) electrons. The van der Waals surface area contributed by atoms with Crippen molar-refractivity contribution < 1.29 is 27.6 Å². The van der Waals surface area contributed by atoms with Crippen LogP contribution in [0.3, 0.4) is 0 Å². The van der Waals surface area contributed by atoms with Crippen LogP contribution in [0, 0.1) is 10.1 Å². The van der Waals surface area contributed by atoms with Crippen LogP contribution in [0.5, 0.6) is 11.5 Å². The van der Waals surface area contributed by atoms with Gasteiger partial charge in [0.25, 0.3) is 5.69 Å². The first kappa shape index (κ1) is 17.2. The average Bonchev–Trinajstić information content (AvgIpc) is 2.98. The quantitative estimate of drug-likeness (QED) is 0.625. The summed E-state index contributed by atoms with van der Waals surface area (Å²) in [4.78, 5) is 10.2. The molecule has 0 unspecified atom stereocenters. The molecular weight excluding hydrogens is 365 g/mol. The number of hydrogen-bond acceptors (Lipinski definition) is 5. The molecular formula is C15H10ClF3N2O4. The third kappa shape index (κ3) is 3.55. The molecule has 0 fully saturated rings. The summed E-state index contributed by atoms with van der Waals surface area (Å²) in [5.41, 5.74) is -1.37. The Kier molecular flexibility index (Phi) is 4.34. The number of nitro groups is 1. The van der Waals surface area contributed by atoms with Crippen LogP contribution in [0.4, 0.5) is 24.5 Å². The second kappa shape index (κ2) is 6.32. The Hall–Kier alpha value is -2.68. The summed E-state index contributed by atoms with van der Waals surface area (Å²) < 4.78 is 48.9. The summed E-state index contributed by atoms with van der Waals surface area (Å²) in [6.45, 7) is 0.228. The molecule has 2 aromatic carbocycles. The lowest BCUT2D eigenvalue weighted by Crippen LogP contribution is -2.09. The number of benzene rings is 2. The Morgan fingerprint density at radius 3 is 2.60 bits per heavy atom. The molecule has 0 amide bonds. The first-order valence-electron chi connectivity index (χ1n) is 6.93. The van der Waals surface area contributed by atoms with E-state index in [1.165, 1.54) is 0 Å². The standard InChI is InChI=1S/C15H10ClF3N2O4/c16-10-5-11(12(21(22)23)4-9(10)15(17,18)19)20-6-8-1-2-13-14(3-8)25-7-24-13/h1-5,20H,6-7H2. The van der Waals surface area contributed by atoms with E-state index in [1.54, 1.807) is 18.2 Å². The zero-order chi connectivity index (χ0) is 18.2. The number of fused-ring (bicyclic) bond motifs is 1. The van der Waals surface area contributed by atoms with Crippen LogP contribution in [-0.4, -0.2) is 11.7 Å². The van der Waals surface area contributed by atoms with Gasteiger partial charge in [0.15, 0.2) is 11.5 Å². The van der Waals surface area contributed by atoms with Gasteiger partial charge < -0.3 is 14.8 Å². The third-order valence-electron chi connectivity index (χ3n) is 3.51. The number of hydrogen-bond donors (Lipinski definition) is 1. The van der Waals surface area contributed by atoms with E-state index in [-0.39, 0.29) is 19.0 Å². The highest BCUT2D eigenvalue weighted by Crippen LogP contribution is 2.40. The Morgan fingerprint density at radius 2 is 1.92 bits per heavy atom. The maximum atomic E-state index is 12.8. The monoisotopic (exact) mass is 374 g/mol. The molecule has 1 N–H and O–H groups in total. The molecule has 0 saturated heterocycles. The van der Waals surface area contributed by atoms with E-state index in [2.05, 4.69) is 5.32 Å². The second-order valence-electron chi connectivity index (χ2n) is 5.15. The number of nitro benzene ring substituents is 1. The minimum absolute atomic E-state index is 0.103. The van der Waals surface area contributed by atoms with Crippen molar-refractivity contribution in [3.63, 3.8) is 0 Å². The van der Waals surface area contributed by atoms with Gasteiger partial charge in [-0.1, -0.05) is 17.7 Å². The van der Waals surface area contributed by atoms with E-state index >= 15 is 0 Å². The molecule has 10 heteroatoms. The van der Waals surface area contributed by atoms with Crippen molar-refractivity contribution in [2.45, 2.75) is 12.7 Å². The Bertz CT molecular complexity index is 842. The number of nitrogens with one attached hydrogen (secondary N) is 1. The zero-order valence-corrected chi connectivity index (χ0v) is 13.1. The maximum absolute atomic E-state index is 12.8. The number of rotatable bonds is 4. The van der Waals surface area contributed by atoms with Gasteiger partial charge in [-0.05, 0) is 23.8 Å². The lowest BCUT2D eigenvalue weighted by atomic mass is 10.1. The maximum Gasteiger partial charge on any atom is 0.418 e. The number of halogens is 4. The molecule has 1 heterocycles. The molecule has 3 rings (SSSR count). The molecule has 1 aliphatic heterocycles. The Labute approximate surface area is 144 Å². The van der Waals surface area contributed by atoms with Gasteiger partial charge in [-0.15, -0.1) is 0 Å². The largest absolute Gasteiger partial charge is 0.454 e. The van der Waals surface area contributed by atoms with Gasteiger partial charge in [0.1, 0.15) is 5.69 Å². The van der Waals surface area contributed by atoms with Gasteiger partial charge >= 0.3 is 6.18 Å². The van der Waals surface area contributed by atoms with Gasteiger partial charge in [0.05, 0.1) is 15.5 Å². The van der Waals surface area contributed by atoms with E-state index in [0.717, 1.165) is 6.07 Å². The summed E-state index contributed by atoms with van der Waals surface area (Å²) in [5, 5.41) is 13.2. The normalized spacial score (nSPS) is 13.0. The molecule has 25 heavy (non-hydrogen) atoms. The number of alkyl halides is 3. The second-order valence-corrected chi connectivity index (χ2v) is 5.55. The van der Waals surface area contributed by atoms with Crippen molar-refractivity contribution in [2.75, 3.05) is 12.1 Å². The minimum atomic E-state index is -4.78. The van der Waals surface area contributed by atoms with E-state index in [9.17, 15) is 23.3 Å². The van der Waals surface area contributed by atoms with Gasteiger partial charge in [0.2, 0.25) is 6.79 Å². The number of anilines is 1. The fourth-order valence-electron chi connectivity index (χ4n) is 2.32. The van der Waals surface area contributed by atoms with E-state index in [0.29, 0.717) is 23.1 Å². The van der Waals surface area contributed by atoms with Gasteiger partial charge in [-0.2, -0.15) is 13.2 Å². The van der Waals surface area contributed by atoms with Crippen LogP contribution in [0.25, 0.3) is 0 Å². The highest BCUT2D eigenvalue weighted by atomic mass is 35.5. The summed E-state index contributed by atoms with van der Waals surface area (Å²) in [5.74, 6) is 1.10. The smallest absolute Gasteiger partial charge is 0.418 e. The fraction of sp³-hybridized carbons (Fsp3) is 0.200. The SMILES string of the molecule is O=[N+]([O-])c1cc(C(F)(F)F)c(Cl)cc1NCc1ccc2c(c1)OCO2. The molecule has 0 aromatic heterocycles. The lowest BCUT2D eigenvalue weighted by molar-refractivity contribution is -0.384. The molecule has 0 saturated carbocycles.